The molecule has 1 aliphatic carbocycles. The van der Waals surface area contributed by atoms with Gasteiger partial charge in [0.05, 0.1) is 5.56 Å². The summed E-state index contributed by atoms with van der Waals surface area (Å²) in [5.74, 6) is 3.62. The number of hydrogen-bond acceptors (Lipinski definition) is 6. The van der Waals surface area contributed by atoms with Crippen LogP contribution in [0.2, 0.25) is 0 Å². The van der Waals surface area contributed by atoms with E-state index < -0.39 is 0 Å². The van der Waals surface area contributed by atoms with Gasteiger partial charge in [0.25, 0.3) is 5.89 Å². The van der Waals surface area contributed by atoms with Gasteiger partial charge in [0, 0.05) is 44.1 Å². The lowest BCUT2D eigenvalue weighted by atomic mass is 9.97. The molecule has 0 spiro atoms. The Morgan fingerprint density at radius 1 is 1.12 bits per heavy atom. The number of hydrogen-bond donors (Lipinski definition) is 0. The first kappa shape index (κ1) is 15.5. The summed E-state index contributed by atoms with van der Waals surface area (Å²) in [4.78, 5) is 11.5. The number of nitrogens with zero attached hydrogens (tertiary/aromatic N) is 6. The van der Waals surface area contributed by atoms with E-state index in [2.05, 4.69) is 31.2 Å². The molecule has 0 unspecified atom stereocenters. The summed E-state index contributed by atoms with van der Waals surface area (Å²) in [5, 5.41) is 8.39. The molecule has 1 saturated heterocycles. The predicted molar refractivity (Wildman–Crippen MR) is 96.7 cm³/mol. The van der Waals surface area contributed by atoms with Gasteiger partial charge < -0.3 is 9.42 Å². The van der Waals surface area contributed by atoms with Crippen LogP contribution in [-0.2, 0) is 6.54 Å². The molecule has 0 atom stereocenters. The molecule has 2 aliphatic rings. The van der Waals surface area contributed by atoms with Crippen LogP contribution in [0.25, 0.3) is 11.5 Å². The molecule has 2 fully saturated rings. The molecule has 7 nitrogen and oxygen atoms in total. The van der Waals surface area contributed by atoms with Gasteiger partial charge in [-0.3, -0.25) is 4.68 Å². The first-order valence-electron chi connectivity index (χ1n) is 9.37. The molecule has 0 N–H and O–H groups in total. The monoisotopic (exact) mass is 350 g/mol. The minimum atomic E-state index is 0.503. The van der Waals surface area contributed by atoms with Crippen LogP contribution in [0.3, 0.4) is 0 Å². The summed E-state index contributed by atoms with van der Waals surface area (Å²) in [5.41, 5.74) is 0.890. The highest BCUT2D eigenvalue weighted by Crippen LogP contribution is 2.38. The molecule has 1 saturated carbocycles. The Morgan fingerprint density at radius 3 is 2.69 bits per heavy atom. The lowest BCUT2D eigenvalue weighted by Gasteiger charge is -2.32. The molecule has 3 aromatic rings. The Morgan fingerprint density at radius 2 is 2.00 bits per heavy atom. The van der Waals surface area contributed by atoms with Gasteiger partial charge in [-0.05, 0) is 49.8 Å². The second-order valence-electron chi connectivity index (χ2n) is 7.30. The third-order valence-electron chi connectivity index (χ3n) is 5.32. The molecule has 134 valence electrons. The van der Waals surface area contributed by atoms with Crippen molar-refractivity contribution in [3.8, 4) is 11.5 Å². The summed E-state index contributed by atoms with van der Waals surface area (Å²) in [6, 6.07) is 6.07. The normalized spacial score (nSPS) is 18.4. The summed E-state index contributed by atoms with van der Waals surface area (Å²) in [6.07, 6.45) is 10.4. The number of pyridine rings is 1. The van der Waals surface area contributed by atoms with E-state index in [0.717, 1.165) is 49.7 Å². The van der Waals surface area contributed by atoms with Crippen molar-refractivity contribution < 1.29 is 4.52 Å². The van der Waals surface area contributed by atoms with Crippen molar-refractivity contribution in [1.29, 1.82) is 0 Å². The predicted octanol–water partition coefficient (Wildman–Crippen LogP) is 3.12. The van der Waals surface area contributed by atoms with Crippen LogP contribution in [0, 0.1) is 5.92 Å². The first-order chi connectivity index (χ1) is 12.8. The van der Waals surface area contributed by atoms with Crippen molar-refractivity contribution in [3.05, 3.63) is 42.6 Å². The Balaban J connectivity index is 1.20. The standard InChI is InChI=1S/C19H22N6O/c1-8-21-25(9-1)13-14-6-10-24(11-7-14)17-5-4-16(12-20-17)19-22-18(23-26-19)15-2-3-15/h1,4-5,8-9,12,14-15H,2-3,6-7,10-11,13H2. The van der Waals surface area contributed by atoms with Crippen LogP contribution in [0.4, 0.5) is 5.82 Å². The maximum Gasteiger partial charge on any atom is 0.259 e. The zero-order valence-corrected chi connectivity index (χ0v) is 14.7. The van der Waals surface area contributed by atoms with Gasteiger partial charge in [-0.1, -0.05) is 5.16 Å². The molecule has 4 heterocycles. The molecule has 0 aromatic carbocycles. The third kappa shape index (κ3) is 3.21. The smallest absolute Gasteiger partial charge is 0.259 e. The van der Waals surface area contributed by atoms with E-state index in [9.17, 15) is 0 Å². The maximum atomic E-state index is 5.38. The second-order valence-corrected chi connectivity index (χ2v) is 7.30. The average Bonchev–Trinajstić information content (AvgIpc) is 3.19. The average molecular weight is 350 g/mol. The van der Waals surface area contributed by atoms with E-state index in [1.54, 1.807) is 0 Å². The topological polar surface area (TPSA) is 72.9 Å². The lowest BCUT2D eigenvalue weighted by molar-refractivity contribution is 0.341. The molecule has 5 rings (SSSR count). The third-order valence-corrected chi connectivity index (χ3v) is 5.32. The van der Waals surface area contributed by atoms with E-state index in [1.807, 2.05) is 35.4 Å². The van der Waals surface area contributed by atoms with Crippen molar-refractivity contribution in [2.24, 2.45) is 5.92 Å². The van der Waals surface area contributed by atoms with Gasteiger partial charge in [0.2, 0.25) is 0 Å². The highest BCUT2D eigenvalue weighted by molar-refractivity contribution is 5.54. The fourth-order valence-corrected chi connectivity index (χ4v) is 3.58. The van der Waals surface area contributed by atoms with E-state index in [-0.39, 0.29) is 0 Å². The van der Waals surface area contributed by atoms with Gasteiger partial charge in [-0.2, -0.15) is 10.1 Å². The Labute approximate surface area is 152 Å². The summed E-state index contributed by atoms with van der Waals surface area (Å²) in [7, 11) is 0. The fourth-order valence-electron chi connectivity index (χ4n) is 3.58. The van der Waals surface area contributed by atoms with Gasteiger partial charge in [-0.25, -0.2) is 4.98 Å². The highest BCUT2D eigenvalue weighted by Gasteiger charge is 2.29. The molecule has 7 heteroatoms. The van der Waals surface area contributed by atoms with Crippen LogP contribution >= 0.6 is 0 Å². The molecular formula is C19H22N6O. The summed E-state index contributed by atoms with van der Waals surface area (Å²) >= 11 is 0. The minimum Gasteiger partial charge on any atom is -0.357 e. The number of piperidine rings is 1. The molecule has 0 bridgehead atoms. The second kappa shape index (κ2) is 6.55. The number of rotatable bonds is 5. The molecule has 1 aliphatic heterocycles. The van der Waals surface area contributed by atoms with Crippen LogP contribution in [0.15, 0.2) is 41.3 Å². The number of aromatic nitrogens is 5. The maximum absolute atomic E-state index is 5.38. The van der Waals surface area contributed by atoms with Crippen molar-refractivity contribution in [2.75, 3.05) is 18.0 Å². The minimum absolute atomic E-state index is 0.503. The van der Waals surface area contributed by atoms with Gasteiger partial charge in [0.15, 0.2) is 5.82 Å². The highest BCUT2D eigenvalue weighted by atomic mass is 16.5. The zero-order valence-electron chi connectivity index (χ0n) is 14.7. The van der Waals surface area contributed by atoms with Crippen molar-refractivity contribution in [2.45, 2.75) is 38.1 Å². The molecule has 3 aromatic heterocycles. The fraction of sp³-hybridized carbons (Fsp3) is 0.474. The van der Waals surface area contributed by atoms with Crippen LogP contribution in [-0.4, -0.2) is 38.0 Å². The molecule has 0 amide bonds. The van der Waals surface area contributed by atoms with E-state index in [4.69, 9.17) is 4.52 Å². The Bertz CT molecular complexity index is 845. The Hall–Kier alpha value is -2.70. The zero-order chi connectivity index (χ0) is 17.3. The van der Waals surface area contributed by atoms with Crippen LogP contribution in [0.1, 0.15) is 37.4 Å². The van der Waals surface area contributed by atoms with Crippen molar-refractivity contribution in [3.63, 3.8) is 0 Å². The Kier molecular flexibility index (Phi) is 3.92. The largest absolute Gasteiger partial charge is 0.357 e. The quantitative estimate of drug-likeness (QED) is 0.704. The van der Waals surface area contributed by atoms with Gasteiger partial charge in [0.1, 0.15) is 5.82 Å². The van der Waals surface area contributed by atoms with Crippen molar-refractivity contribution in [1.82, 2.24) is 24.9 Å². The van der Waals surface area contributed by atoms with Gasteiger partial charge in [-0.15, -0.1) is 0 Å². The SMILES string of the molecule is c1cnn(CC2CCN(c3ccc(-c4nc(C5CC5)no4)cn3)CC2)c1. The van der Waals surface area contributed by atoms with E-state index >= 15 is 0 Å². The molecule has 0 radical (unpaired) electrons. The first-order valence-corrected chi connectivity index (χ1v) is 9.37. The van der Waals surface area contributed by atoms with Crippen LogP contribution in [0.5, 0.6) is 0 Å². The van der Waals surface area contributed by atoms with Crippen LogP contribution < -0.4 is 4.90 Å². The van der Waals surface area contributed by atoms with Gasteiger partial charge >= 0.3 is 0 Å². The van der Waals surface area contributed by atoms with E-state index in [0.29, 0.717) is 17.7 Å². The molecule has 26 heavy (non-hydrogen) atoms. The summed E-state index contributed by atoms with van der Waals surface area (Å²) < 4.78 is 7.41. The lowest BCUT2D eigenvalue weighted by Crippen LogP contribution is -2.35. The number of anilines is 1. The molecular weight excluding hydrogens is 328 g/mol. The van der Waals surface area contributed by atoms with Crippen molar-refractivity contribution >= 4 is 5.82 Å². The van der Waals surface area contributed by atoms with E-state index in [1.165, 1.54) is 12.8 Å². The summed E-state index contributed by atoms with van der Waals surface area (Å²) in [6.45, 7) is 3.07.